The number of carbonyl (C=O) groups is 4. The van der Waals surface area contributed by atoms with E-state index in [-0.39, 0.29) is 24.2 Å². The lowest BCUT2D eigenvalue weighted by Gasteiger charge is -2.29. The van der Waals surface area contributed by atoms with Crippen LogP contribution < -0.4 is 5.32 Å². The van der Waals surface area contributed by atoms with Crippen molar-refractivity contribution in [2.75, 3.05) is 0 Å². The molecule has 0 saturated carbocycles. The highest BCUT2D eigenvalue weighted by Gasteiger charge is 2.39. The Morgan fingerprint density at radius 3 is 2.83 bits per heavy atom. The van der Waals surface area contributed by atoms with Gasteiger partial charge in [-0.25, -0.2) is 0 Å². The van der Waals surface area contributed by atoms with Crippen molar-refractivity contribution in [3.8, 4) is 0 Å². The van der Waals surface area contributed by atoms with Gasteiger partial charge in [0.1, 0.15) is 12.3 Å². The van der Waals surface area contributed by atoms with E-state index in [1.54, 1.807) is 11.0 Å². The van der Waals surface area contributed by atoms with E-state index in [1.807, 2.05) is 19.1 Å². The maximum atomic E-state index is 12.7. The molecule has 2 aliphatic heterocycles. The molecule has 0 aliphatic carbocycles. The number of benzene rings is 1. The molecule has 0 bridgehead atoms. The lowest BCUT2D eigenvalue weighted by atomic mass is 9.93. The summed E-state index contributed by atoms with van der Waals surface area (Å²) in [6.07, 6.45) is 2.72. The molecule has 2 aliphatic rings. The van der Waals surface area contributed by atoms with Crippen molar-refractivity contribution >= 4 is 24.0 Å². The number of rotatable bonds is 5. The fraction of sp³-hybridized carbons (Fsp3) is 0.444. The molecule has 3 amide bonds. The third-order valence-electron chi connectivity index (χ3n) is 4.75. The monoisotopic (exact) mass is 328 g/mol. The van der Waals surface area contributed by atoms with Crippen LogP contribution in [0.1, 0.15) is 47.7 Å². The van der Waals surface area contributed by atoms with Gasteiger partial charge >= 0.3 is 0 Å². The number of nitrogens with one attached hydrogen (secondary N) is 1. The molecule has 6 heteroatoms. The summed E-state index contributed by atoms with van der Waals surface area (Å²) in [5.74, 6) is -0.648. The zero-order valence-electron chi connectivity index (χ0n) is 13.6. The van der Waals surface area contributed by atoms with Crippen LogP contribution in [-0.2, 0) is 27.3 Å². The minimum atomic E-state index is -0.595. The second-order valence-electron chi connectivity index (χ2n) is 6.55. The third kappa shape index (κ3) is 2.96. The molecule has 24 heavy (non-hydrogen) atoms. The van der Waals surface area contributed by atoms with Gasteiger partial charge in [-0.3, -0.25) is 19.7 Å². The molecule has 1 aromatic rings. The lowest BCUT2D eigenvalue weighted by Crippen LogP contribution is -2.52. The first kappa shape index (κ1) is 16.4. The molecule has 2 heterocycles. The molecule has 0 radical (unpaired) electrons. The normalized spacial score (nSPS) is 21.5. The Bertz CT molecular complexity index is 713. The highest BCUT2D eigenvalue weighted by atomic mass is 16.2. The van der Waals surface area contributed by atoms with Crippen LogP contribution >= 0.6 is 0 Å². The summed E-state index contributed by atoms with van der Waals surface area (Å²) >= 11 is 0. The summed E-state index contributed by atoms with van der Waals surface area (Å²) in [7, 11) is 0. The Morgan fingerprint density at radius 1 is 1.33 bits per heavy atom. The van der Waals surface area contributed by atoms with Gasteiger partial charge < -0.3 is 9.69 Å². The second-order valence-corrected chi connectivity index (χ2v) is 6.55. The Labute approximate surface area is 140 Å². The van der Waals surface area contributed by atoms with Crippen LogP contribution in [0.2, 0.25) is 0 Å². The molecule has 3 rings (SSSR count). The maximum absolute atomic E-state index is 12.7. The van der Waals surface area contributed by atoms with E-state index >= 15 is 0 Å². The van der Waals surface area contributed by atoms with Gasteiger partial charge in [0.05, 0.1) is 0 Å². The van der Waals surface area contributed by atoms with Crippen molar-refractivity contribution < 1.29 is 19.2 Å². The molecule has 126 valence electrons. The van der Waals surface area contributed by atoms with Gasteiger partial charge in [0.15, 0.2) is 0 Å². The van der Waals surface area contributed by atoms with Crippen LogP contribution in [0.5, 0.6) is 0 Å². The van der Waals surface area contributed by atoms with Crippen molar-refractivity contribution in [2.45, 2.75) is 45.2 Å². The average Bonchev–Trinajstić information content (AvgIpc) is 2.86. The van der Waals surface area contributed by atoms with Crippen molar-refractivity contribution in [1.29, 1.82) is 0 Å². The minimum Gasteiger partial charge on any atom is -0.322 e. The van der Waals surface area contributed by atoms with Gasteiger partial charge in [0.2, 0.25) is 11.8 Å². The largest absolute Gasteiger partial charge is 0.322 e. The van der Waals surface area contributed by atoms with Gasteiger partial charge in [-0.05, 0) is 36.0 Å². The molecular formula is C18H20N2O4. The zero-order chi connectivity index (χ0) is 17.3. The number of imide groups is 1. The number of hydrogen-bond acceptors (Lipinski definition) is 4. The van der Waals surface area contributed by atoms with Crippen LogP contribution in [0.4, 0.5) is 0 Å². The Balaban J connectivity index is 1.83. The molecule has 0 spiro atoms. The molecule has 2 unspecified atom stereocenters. The number of carbonyl (C=O) groups excluding carboxylic acids is 4. The summed E-state index contributed by atoms with van der Waals surface area (Å²) in [5, 5.41) is 2.31. The molecule has 1 N–H and O–H groups in total. The van der Waals surface area contributed by atoms with Crippen LogP contribution in [0, 0.1) is 5.92 Å². The quantitative estimate of drug-likeness (QED) is 0.650. The summed E-state index contributed by atoms with van der Waals surface area (Å²) in [6.45, 7) is 2.38. The van der Waals surface area contributed by atoms with E-state index < -0.39 is 11.9 Å². The smallest absolute Gasteiger partial charge is 0.255 e. The van der Waals surface area contributed by atoms with Crippen molar-refractivity contribution in [3.05, 3.63) is 34.9 Å². The lowest BCUT2D eigenvalue weighted by molar-refractivity contribution is -0.136. The van der Waals surface area contributed by atoms with E-state index in [0.717, 1.165) is 23.8 Å². The predicted molar refractivity (Wildman–Crippen MR) is 86.0 cm³/mol. The summed E-state index contributed by atoms with van der Waals surface area (Å²) < 4.78 is 0. The second kappa shape index (κ2) is 6.55. The first-order valence-corrected chi connectivity index (χ1v) is 8.20. The summed E-state index contributed by atoms with van der Waals surface area (Å²) in [5.41, 5.74) is 2.60. The molecule has 1 saturated heterocycles. The number of piperidine rings is 1. The molecule has 2 atom stereocenters. The highest BCUT2D eigenvalue weighted by Crippen LogP contribution is 2.31. The van der Waals surface area contributed by atoms with Crippen LogP contribution in [0.25, 0.3) is 0 Å². The Morgan fingerprint density at radius 2 is 2.12 bits per heavy atom. The topological polar surface area (TPSA) is 83.6 Å². The Kier molecular flexibility index (Phi) is 4.46. The number of nitrogens with zero attached hydrogens (tertiary/aromatic N) is 1. The zero-order valence-corrected chi connectivity index (χ0v) is 13.6. The molecular weight excluding hydrogens is 308 g/mol. The standard InChI is InChI=1S/C18H20N2O4/c1-11(7-8-21)9-12-3-2-4-13-14(12)10-20(18(13)24)15-5-6-16(22)19-17(15)23/h2-4,8,11,15H,5-7,9-10H2,1H3,(H,19,22,23). The SMILES string of the molecule is CC(CC=O)Cc1cccc2c1CN(C1CCC(=O)NC1=O)C2=O. The van der Waals surface area contributed by atoms with E-state index in [2.05, 4.69) is 5.32 Å². The predicted octanol–water partition coefficient (Wildman–Crippen LogP) is 1.22. The third-order valence-corrected chi connectivity index (χ3v) is 4.75. The molecule has 1 fully saturated rings. The number of hydrogen-bond donors (Lipinski definition) is 1. The maximum Gasteiger partial charge on any atom is 0.255 e. The van der Waals surface area contributed by atoms with Crippen molar-refractivity contribution in [3.63, 3.8) is 0 Å². The first-order chi connectivity index (χ1) is 11.5. The Hall–Kier alpha value is -2.50. The number of fused-ring (bicyclic) bond motifs is 1. The van der Waals surface area contributed by atoms with E-state index in [1.165, 1.54) is 0 Å². The van der Waals surface area contributed by atoms with Crippen LogP contribution in [0.3, 0.4) is 0 Å². The average molecular weight is 328 g/mol. The van der Waals surface area contributed by atoms with Gasteiger partial charge in [0.25, 0.3) is 5.91 Å². The van der Waals surface area contributed by atoms with Crippen molar-refractivity contribution in [2.24, 2.45) is 5.92 Å². The number of amides is 3. The van der Waals surface area contributed by atoms with Crippen LogP contribution in [0.15, 0.2) is 18.2 Å². The van der Waals surface area contributed by atoms with Crippen molar-refractivity contribution in [1.82, 2.24) is 10.2 Å². The van der Waals surface area contributed by atoms with Gasteiger partial charge in [-0.1, -0.05) is 19.1 Å². The fourth-order valence-electron chi connectivity index (χ4n) is 3.46. The fourth-order valence-corrected chi connectivity index (χ4v) is 3.46. The molecule has 6 nitrogen and oxygen atoms in total. The van der Waals surface area contributed by atoms with E-state index in [9.17, 15) is 19.2 Å². The highest BCUT2D eigenvalue weighted by molar-refractivity contribution is 6.05. The first-order valence-electron chi connectivity index (χ1n) is 8.20. The van der Waals surface area contributed by atoms with Gasteiger partial charge in [-0.15, -0.1) is 0 Å². The van der Waals surface area contributed by atoms with E-state index in [4.69, 9.17) is 0 Å². The molecule has 0 aromatic heterocycles. The van der Waals surface area contributed by atoms with Gasteiger partial charge in [0, 0.05) is 24.9 Å². The van der Waals surface area contributed by atoms with E-state index in [0.29, 0.717) is 24.9 Å². The number of aldehydes is 1. The van der Waals surface area contributed by atoms with Gasteiger partial charge in [-0.2, -0.15) is 0 Å². The molecule has 1 aromatic carbocycles. The summed E-state index contributed by atoms with van der Waals surface area (Å²) in [4.78, 5) is 48.3. The van der Waals surface area contributed by atoms with Crippen LogP contribution in [-0.4, -0.2) is 34.9 Å². The summed E-state index contributed by atoms with van der Waals surface area (Å²) in [6, 6.07) is 5.00. The minimum absolute atomic E-state index is 0.163.